The Kier molecular flexibility index (Phi) is 6.25. The van der Waals surface area contributed by atoms with Gasteiger partial charge in [-0.15, -0.1) is 0 Å². The minimum Gasteiger partial charge on any atom is -0.497 e. The molecule has 1 aromatic carbocycles. The van der Waals surface area contributed by atoms with Crippen LogP contribution in [-0.4, -0.2) is 37.6 Å². The SMILES string of the molecule is CCN(CC)[C@H](CNC(=O)C1CCC1)c1cccc(OC)c1. The molecule has 4 nitrogen and oxygen atoms in total. The standard InChI is InChI=1S/C18H28N2O2/c1-4-20(5-2)17(13-19-18(21)14-8-6-9-14)15-10-7-11-16(12-15)22-3/h7,10-12,14,17H,4-6,8-9,13H2,1-3H3,(H,19,21)/t17-/m1/s1. The van der Waals surface area contributed by atoms with Crippen LogP contribution in [0.2, 0.25) is 0 Å². The zero-order valence-electron chi connectivity index (χ0n) is 14.0. The average Bonchev–Trinajstić information content (AvgIpc) is 2.49. The molecule has 1 amide bonds. The Morgan fingerprint density at radius 3 is 2.64 bits per heavy atom. The second-order valence-corrected chi connectivity index (χ2v) is 5.89. The molecule has 1 aliphatic rings. The Labute approximate surface area is 133 Å². The minimum atomic E-state index is 0.189. The largest absolute Gasteiger partial charge is 0.497 e. The molecule has 22 heavy (non-hydrogen) atoms. The summed E-state index contributed by atoms with van der Waals surface area (Å²) in [5, 5.41) is 3.15. The van der Waals surface area contributed by atoms with Crippen molar-refractivity contribution in [3.05, 3.63) is 29.8 Å². The van der Waals surface area contributed by atoms with Gasteiger partial charge >= 0.3 is 0 Å². The number of benzene rings is 1. The number of rotatable bonds is 8. The number of amides is 1. The minimum absolute atomic E-state index is 0.189. The van der Waals surface area contributed by atoms with Crippen LogP contribution >= 0.6 is 0 Å². The first-order chi connectivity index (χ1) is 10.7. The van der Waals surface area contributed by atoms with Crippen molar-refractivity contribution in [3.8, 4) is 5.75 Å². The van der Waals surface area contributed by atoms with Crippen molar-refractivity contribution in [3.63, 3.8) is 0 Å². The molecule has 1 N–H and O–H groups in total. The summed E-state index contributed by atoms with van der Waals surface area (Å²) >= 11 is 0. The lowest BCUT2D eigenvalue weighted by Gasteiger charge is -2.32. The zero-order chi connectivity index (χ0) is 15.9. The summed E-state index contributed by atoms with van der Waals surface area (Å²) in [5.41, 5.74) is 1.19. The molecule has 0 aliphatic heterocycles. The van der Waals surface area contributed by atoms with E-state index in [-0.39, 0.29) is 17.9 Å². The lowest BCUT2D eigenvalue weighted by molar-refractivity contribution is -0.127. The van der Waals surface area contributed by atoms with Crippen molar-refractivity contribution in [1.29, 1.82) is 0 Å². The van der Waals surface area contributed by atoms with Gasteiger partial charge in [-0.25, -0.2) is 0 Å². The van der Waals surface area contributed by atoms with E-state index in [2.05, 4.69) is 36.2 Å². The van der Waals surface area contributed by atoms with E-state index in [4.69, 9.17) is 4.74 Å². The summed E-state index contributed by atoms with van der Waals surface area (Å²) in [4.78, 5) is 14.5. The van der Waals surface area contributed by atoms with E-state index in [9.17, 15) is 4.79 Å². The Balaban J connectivity index is 2.09. The number of likely N-dealkylation sites (N-methyl/N-ethyl adjacent to an activating group) is 1. The molecule has 0 saturated heterocycles. The van der Waals surface area contributed by atoms with Crippen LogP contribution in [0, 0.1) is 5.92 Å². The second-order valence-electron chi connectivity index (χ2n) is 5.89. The van der Waals surface area contributed by atoms with Crippen LogP contribution in [0.4, 0.5) is 0 Å². The van der Waals surface area contributed by atoms with Gasteiger partial charge in [-0.3, -0.25) is 9.69 Å². The highest BCUT2D eigenvalue weighted by molar-refractivity contribution is 5.79. The number of carbonyl (C=O) groups excluding carboxylic acids is 1. The van der Waals surface area contributed by atoms with Gasteiger partial charge < -0.3 is 10.1 Å². The third-order valence-electron chi connectivity index (χ3n) is 4.68. The second kappa shape index (κ2) is 8.18. The van der Waals surface area contributed by atoms with Crippen LogP contribution in [0.5, 0.6) is 5.75 Å². The molecule has 1 atom stereocenters. The van der Waals surface area contributed by atoms with Crippen molar-refractivity contribution in [1.82, 2.24) is 10.2 Å². The van der Waals surface area contributed by atoms with E-state index in [0.717, 1.165) is 31.7 Å². The molecule has 0 heterocycles. The molecule has 0 spiro atoms. The van der Waals surface area contributed by atoms with Crippen LogP contribution in [0.25, 0.3) is 0 Å². The summed E-state index contributed by atoms with van der Waals surface area (Å²) in [5.74, 6) is 1.31. The summed E-state index contributed by atoms with van der Waals surface area (Å²) in [7, 11) is 1.68. The number of nitrogens with zero attached hydrogens (tertiary/aromatic N) is 1. The smallest absolute Gasteiger partial charge is 0.223 e. The number of nitrogens with one attached hydrogen (secondary N) is 1. The topological polar surface area (TPSA) is 41.6 Å². The third-order valence-corrected chi connectivity index (χ3v) is 4.68. The van der Waals surface area contributed by atoms with E-state index in [1.807, 2.05) is 12.1 Å². The van der Waals surface area contributed by atoms with Crippen molar-refractivity contribution in [2.45, 2.75) is 39.2 Å². The molecule has 0 unspecified atom stereocenters. The van der Waals surface area contributed by atoms with Crippen LogP contribution in [0.1, 0.15) is 44.7 Å². The van der Waals surface area contributed by atoms with Gasteiger partial charge in [0.05, 0.1) is 13.2 Å². The molecule has 1 fully saturated rings. The first-order valence-electron chi connectivity index (χ1n) is 8.35. The monoisotopic (exact) mass is 304 g/mol. The highest BCUT2D eigenvalue weighted by atomic mass is 16.5. The highest BCUT2D eigenvalue weighted by Gasteiger charge is 2.26. The maximum absolute atomic E-state index is 12.1. The van der Waals surface area contributed by atoms with E-state index in [0.29, 0.717) is 6.54 Å². The number of hydrogen-bond acceptors (Lipinski definition) is 3. The van der Waals surface area contributed by atoms with Gasteiger partial charge in [-0.2, -0.15) is 0 Å². The van der Waals surface area contributed by atoms with Crippen LogP contribution < -0.4 is 10.1 Å². The highest BCUT2D eigenvalue weighted by Crippen LogP contribution is 2.27. The molecule has 0 radical (unpaired) electrons. The van der Waals surface area contributed by atoms with E-state index >= 15 is 0 Å². The number of hydrogen-bond donors (Lipinski definition) is 1. The normalized spacial score (nSPS) is 16.2. The third kappa shape index (κ3) is 4.01. The molecule has 122 valence electrons. The maximum atomic E-state index is 12.1. The quantitative estimate of drug-likeness (QED) is 0.803. The summed E-state index contributed by atoms with van der Waals surface area (Å²) in [6.07, 6.45) is 3.27. The molecule has 4 heteroatoms. The predicted octanol–water partition coefficient (Wildman–Crippen LogP) is 2.99. The summed E-state index contributed by atoms with van der Waals surface area (Å²) < 4.78 is 5.34. The average molecular weight is 304 g/mol. The lowest BCUT2D eigenvalue weighted by atomic mass is 9.85. The van der Waals surface area contributed by atoms with Crippen LogP contribution in [-0.2, 0) is 4.79 Å². The maximum Gasteiger partial charge on any atom is 0.223 e. The molecule has 0 bridgehead atoms. The Bertz CT molecular complexity index is 482. The zero-order valence-corrected chi connectivity index (χ0v) is 14.0. The van der Waals surface area contributed by atoms with E-state index in [1.54, 1.807) is 7.11 Å². The van der Waals surface area contributed by atoms with Crippen molar-refractivity contribution in [2.24, 2.45) is 5.92 Å². The molecule has 1 aliphatic carbocycles. The molecular formula is C18H28N2O2. The molecular weight excluding hydrogens is 276 g/mol. The van der Waals surface area contributed by atoms with Crippen LogP contribution in [0.15, 0.2) is 24.3 Å². The first-order valence-corrected chi connectivity index (χ1v) is 8.35. The Morgan fingerprint density at radius 2 is 2.09 bits per heavy atom. The van der Waals surface area contributed by atoms with Gasteiger partial charge in [0.25, 0.3) is 0 Å². The van der Waals surface area contributed by atoms with E-state index in [1.165, 1.54) is 12.0 Å². The number of ether oxygens (including phenoxy) is 1. The Morgan fingerprint density at radius 1 is 1.36 bits per heavy atom. The first kappa shape index (κ1) is 16.8. The van der Waals surface area contributed by atoms with Gasteiger partial charge in [0.2, 0.25) is 5.91 Å². The fourth-order valence-corrected chi connectivity index (χ4v) is 2.98. The van der Waals surface area contributed by atoms with Crippen molar-refractivity contribution < 1.29 is 9.53 Å². The van der Waals surface area contributed by atoms with Gasteiger partial charge in [0.1, 0.15) is 5.75 Å². The summed E-state index contributed by atoms with van der Waals surface area (Å²) in [6.45, 7) is 6.88. The fourth-order valence-electron chi connectivity index (χ4n) is 2.98. The van der Waals surface area contributed by atoms with Gasteiger partial charge in [0.15, 0.2) is 0 Å². The van der Waals surface area contributed by atoms with Gasteiger partial charge in [-0.1, -0.05) is 32.4 Å². The van der Waals surface area contributed by atoms with Crippen molar-refractivity contribution >= 4 is 5.91 Å². The summed E-state index contributed by atoms with van der Waals surface area (Å²) in [6, 6.07) is 8.34. The van der Waals surface area contributed by atoms with Crippen LogP contribution in [0.3, 0.4) is 0 Å². The Hall–Kier alpha value is -1.55. The number of methoxy groups -OCH3 is 1. The predicted molar refractivity (Wildman–Crippen MR) is 89.0 cm³/mol. The van der Waals surface area contributed by atoms with E-state index < -0.39 is 0 Å². The molecule has 0 aromatic heterocycles. The molecule has 1 aromatic rings. The van der Waals surface area contributed by atoms with Crippen molar-refractivity contribution in [2.75, 3.05) is 26.7 Å². The fraction of sp³-hybridized carbons (Fsp3) is 0.611. The molecule has 1 saturated carbocycles. The molecule has 2 rings (SSSR count). The number of carbonyl (C=O) groups is 1. The van der Waals surface area contributed by atoms with Gasteiger partial charge in [0, 0.05) is 12.5 Å². The lowest BCUT2D eigenvalue weighted by Crippen LogP contribution is -2.41. The van der Waals surface area contributed by atoms with Gasteiger partial charge in [-0.05, 0) is 43.6 Å².